The van der Waals surface area contributed by atoms with Crippen LogP contribution < -0.4 is 5.73 Å². The van der Waals surface area contributed by atoms with E-state index in [0.29, 0.717) is 6.54 Å². The molecule has 0 rings (SSSR count). The molecule has 3 heteroatoms. The summed E-state index contributed by atoms with van der Waals surface area (Å²) in [5.74, 6) is 0.264. The minimum Gasteiger partial charge on any atom is -0.356 e. The van der Waals surface area contributed by atoms with Crippen molar-refractivity contribution in [3.63, 3.8) is 0 Å². The zero-order valence-electron chi connectivity index (χ0n) is 6.26. The summed E-state index contributed by atoms with van der Waals surface area (Å²) >= 11 is 0. The van der Waals surface area contributed by atoms with Gasteiger partial charge < -0.3 is 15.2 Å². The Morgan fingerprint density at radius 2 is 1.78 bits per heavy atom. The molecular formula is C6H15NO2. The highest BCUT2D eigenvalue weighted by molar-refractivity contribution is 4.55. The van der Waals surface area contributed by atoms with Crippen LogP contribution in [0.2, 0.25) is 0 Å². The van der Waals surface area contributed by atoms with E-state index in [9.17, 15) is 0 Å². The molecule has 0 unspecified atom stereocenters. The molecule has 1 atom stereocenters. The summed E-state index contributed by atoms with van der Waals surface area (Å²) < 4.78 is 9.90. The minimum absolute atomic E-state index is 0.157. The van der Waals surface area contributed by atoms with Gasteiger partial charge in [-0.2, -0.15) is 0 Å². The average molecular weight is 133 g/mol. The van der Waals surface area contributed by atoms with Crippen molar-refractivity contribution in [3.05, 3.63) is 0 Å². The lowest BCUT2D eigenvalue weighted by Gasteiger charge is -2.18. The van der Waals surface area contributed by atoms with Crippen molar-refractivity contribution >= 4 is 0 Å². The topological polar surface area (TPSA) is 44.5 Å². The maximum Gasteiger partial charge on any atom is 0.160 e. The summed E-state index contributed by atoms with van der Waals surface area (Å²) in [6.45, 7) is 2.57. The smallest absolute Gasteiger partial charge is 0.160 e. The number of ether oxygens (including phenoxy) is 2. The Morgan fingerprint density at radius 3 is 1.89 bits per heavy atom. The van der Waals surface area contributed by atoms with Gasteiger partial charge in [0.25, 0.3) is 0 Å². The highest BCUT2D eigenvalue weighted by Crippen LogP contribution is 2.03. The fourth-order valence-corrected chi connectivity index (χ4v) is 0.672. The largest absolute Gasteiger partial charge is 0.356 e. The maximum atomic E-state index is 5.36. The summed E-state index contributed by atoms with van der Waals surface area (Å²) in [5.41, 5.74) is 5.36. The predicted molar refractivity (Wildman–Crippen MR) is 36.0 cm³/mol. The predicted octanol–water partition coefficient (Wildman–Crippen LogP) is 0.200. The number of hydrogen-bond acceptors (Lipinski definition) is 3. The second kappa shape index (κ2) is 4.73. The fraction of sp³-hybridized carbons (Fsp3) is 1.00. The van der Waals surface area contributed by atoms with Crippen molar-refractivity contribution in [3.8, 4) is 0 Å². The van der Waals surface area contributed by atoms with Crippen molar-refractivity contribution in [2.45, 2.75) is 13.2 Å². The van der Waals surface area contributed by atoms with Crippen LogP contribution in [0, 0.1) is 5.92 Å². The number of methoxy groups -OCH3 is 2. The minimum atomic E-state index is -0.157. The summed E-state index contributed by atoms with van der Waals surface area (Å²) in [6, 6.07) is 0. The monoisotopic (exact) mass is 133 g/mol. The van der Waals surface area contributed by atoms with E-state index in [0.717, 1.165) is 0 Å². The van der Waals surface area contributed by atoms with Gasteiger partial charge in [-0.05, 0) is 6.54 Å². The van der Waals surface area contributed by atoms with Crippen LogP contribution in [0.4, 0.5) is 0 Å². The van der Waals surface area contributed by atoms with E-state index in [-0.39, 0.29) is 12.2 Å². The molecule has 3 nitrogen and oxygen atoms in total. The molecule has 0 saturated heterocycles. The van der Waals surface area contributed by atoms with Crippen molar-refractivity contribution < 1.29 is 9.47 Å². The first-order chi connectivity index (χ1) is 4.26. The Labute approximate surface area is 56.1 Å². The average Bonchev–Trinajstić information content (AvgIpc) is 1.90. The highest BCUT2D eigenvalue weighted by atomic mass is 16.7. The standard InChI is InChI=1S/C6H15NO2/c1-5(4-7)6(8-2)9-3/h5-6H,4,7H2,1-3H3/t5-/m0/s1. The third kappa shape index (κ3) is 2.79. The SMILES string of the molecule is COC(OC)[C@@H](C)CN. The van der Waals surface area contributed by atoms with Gasteiger partial charge in [-0.1, -0.05) is 6.92 Å². The molecule has 0 bridgehead atoms. The molecule has 2 N–H and O–H groups in total. The van der Waals surface area contributed by atoms with E-state index < -0.39 is 0 Å². The molecule has 0 aliphatic rings. The first-order valence-corrected chi connectivity index (χ1v) is 3.02. The second-order valence-corrected chi connectivity index (χ2v) is 2.05. The molecule has 0 fully saturated rings. The Bertz CT molecular complexity index is 64.1. The molecule has 0 aromatic rings. The van der Waals surface area contributed by atoms with Gasteiger partial charge in [0, 0.05) is 20.1 Å². The van der Waals surface area contributed by atoms with Crippen LogP contribution in [-0.4, -0.2) is 27.1 Å². The van der Waals surface area contributed by atoms with E-state index in [1.165, 1.54) is 0 Å². The van der Waals surface area contributed by atoms with Crippen LogP contribution in [0.25, 0.3) is 0 Å². The molecule has 0 aliphatic heterocycles. The molecule has 0 aromatic heterocycles. The highest BCUT2D eigenvalue weighted by Gasteiger charge is 2.12. The molecule has 0 aliphatic carbocycles. The molecule has 56 valence electrons. The molecule has 0 saturated carbocycles. The first-order valence-electron chi connectivity index (χ1n) is 3.02. The van der Waals surface area contributed by atoms with Gasteiger partial charge in [0.15, 0.2) is 6.29 Å². The summed E-state index contributed by atoms with van der Waals surface area (Å²) in [6.07, 6.45) is -0.157. The van der Waals surface area contributed by atoms with Gasteiger partial charge in [-0.3, -0.25) is 0 Å². The van der Waals surface area contributed by atoms with Crippen LogP contribution in [0.1, 0.15) is 6.92 Å². The molecule has 0 heterocycles. The van der Waals surface area contributed by atoms with E-state index in [4.69, 9.17) is 15.2 Å². The van der Waals surface area contributed by atoms with Crippen LogP contribution in [0.5, 0.6) is 0 Å². The lowest BCUT2D eigenvalue weighted by atomic mass is 10.2. The van der Waals surface area contributed by atoms with E-state index in [2.05, 4.69) is 0 Å². The third-order valence-electron chi connectivity index (χ3n) is 1.30. The van der Waals surface area contributed by atoms with Gasteiger partial charge in [-0.15, -0.1) is 0 Å². The molecule has 0 spiro atoms. The zero-order chi connectivity index (χ0) is 7.28. The van der Waals surface area contributed by atoms with Crippen LogP contribution in [0.15, 0.2) is 0 Å². The zero-order valence-corrected chi connectivity index (χ0v) is 6.26. The normalized spacial score (nSPS) is 14.3. The van der Waals surface area contributed by atoms with Gasteiger partial charge >= 0.3 is 0 Å². The maximum absolute atomic E-state index is 5.36. The van der Waals surface area contributed by atoms with Gasteiger partial charge in [-0.25, -0.2) is 0 Å². The van der Waals surface area contributed by atoms with Crippen molar-refractivity contribution in [2.75, 3.05) is 20.8 Å². The summed E-state index contributed by atoms with van der Waals surface area (Å²) in [5, 5.41) is 0. The van der Waals surface area contributed by atoms with E-state index in [1.807, 2.05) is 6.92 Å². The van der Waals surface area contributed by atoms with E-state index in [1.54, 1.807) is 14.2 Å². The Hall–Kier alpha value is -0.120. The number of rotatable bonds is 4. The lowest BCUT2D eigenvalue weighted by molar-refractivity contribution is -0.130. The quantitative estimate of drug-likeness (QED) is 0.557. The molecular weight excluding hydrogens is 118 g/mol. The van der Waals surface area contributed by atoms with Crippen molar-refractivity contribution in [1.29, 1.82) is 0 Å². The van der Waals surface area contributed by atoms with E-state index >= 15 is 0 Å². The Balaban J connectivity index is 3.50. The van der Waals surface area contributed by atoms with Gasteiger partial charge in [0.05, 0.1) is 0 Å². The summed E-state index contributed by atoms with van der Waals surface area (Å²) in [4.78, 5) is 0. The van der Waals surface area contributed by atoms with Gasteiger partial charge in [0.2, 0.25) is 0 Å². The number of hydrogen-bond donors (Lipinski definition) is 1. The van der Waals surface area contributed by atoms with Crippen LogP contribution in [0.3, 0.4) is 0 Å². The van der Waals surface area contributed by atoms with Crippen LogP contribution >= 0.6 is 0 Å². The second-order valence-electron chi connectivity index (χ2n) is 2.05. The Kier molecular flexibility index (Phi) is 4.67. The first kappa shape index (κ1) is 8.88. The Morgan fingerprint density at radius 1 is 1.33 bits per heavy atom. The molecule has 0 radical (unpaired) electrons. The lowest BCUT2D eigenvalue weighted by Crippen LogP contribution is -2.28. The number of nitrogens with two attached hydrogens (primary N) is 1. The van der Waals surface area contributed by atoms with Crippen LogP contribution in [-0.2, 0) is 9.47 Å². The molecule has 9 heavy (non-hydrogen) atoms. The third-order valence-corrected chi connectivity index (χ3v) is 1.30. The van der Waals surface area contributed by atoms with Gasteiger partial charge in [0.1, 0.15) is 0 Å². The molecule has 0 amide bonds. The van der Waals surface area contributed by atoms with Crippen molar-refractivity contribution in [1.82, 2.24) is 0 Å². The summed E-state index contributed by atoms with van der Waals surface area (Å²) in [7, 11) is 3.22. The fourth-order valence-electron chi connectivity index (χ4n) is 0.672. The molecule has 0 aromatic carbocycles. The van der Waals surface area contributed by atoms with Crippen molar-refractivity contribution in [2.24, 2.45) is 11.7 Å².